The summed E-state index contributed by atoms with van der Waals surface area (Å²) in [6.45, 7) is 1.66. The number of carboxylic acids is 1. The van der Waals surface area contributed by atoms with E-state index in [1.54, 1.807) is 6.92 Å². The van der Waals surface area contributed by atoms with E-state index >= 15 is 0 Å². The van der Waals surface area contributed by atoms with E-state index in [9.17, 15) is 21.6 Å². The number of aliphatic carboxylic acids is 1. The van der Waals surface area contributed by atoms with Crippen LogP contribution in [0.5, 0.6) is 0 Å². The van der Waals surface area contributed by atoms with E-state index in [2.05, 4.69) is 4.72 Å². The van der Waals surface area contributed by atoms with Crippen LogP contribution in [0.3, 0.4) is 0 Å². The van der Waals surface area contributed by atoms with Gasteiger partial charge in [-0.3, -0.25) is 4.79 Å². The molecule has 0 saturated heterocycles. The second-order valence-corrected chi connectivity index (χ2v) is 8.41. The molecule has 18 heavy (non-hydrogen) atoms. The zero-order chi connectivity index (χ0) is 14.4. The molecule has 0 spiro atoms. The highest BCUT2D eigenvalue weighted by molar-refractivity contribution is 7.93. The van der Waals surface area contributed by atoms with Crippen LogP contribution >= 0.6 is 0 Å². The molecule has 0 bridgehead atoms. The van der Waals surface area contributed by atoms with E-state index < -0.39 is 43.3 Å². The summed E-state index contributed by atoms with van der Waals surface area (Å²) >= 11 is 0. The van der Waals surface area contributed by atoms with Crippen molar-refractivity contribution in [2.24, 2.45) is 5.92 Å². The van der Waals surface area contributed by atoms with Crippen molar-refractivity contribution in [1.29, 1.82) is 0 Å². The number of hydrogen-bond donors (Lipinski definition) is 2. The molecule has 2 N–H and O–H groups in total. The highest BCUT2D eigenvalue weighted by Crippen LogP contribution is 2.04. The second kappa shape index (κ2) is 7.05. The van der Waals surface area contributed by atoms with Gasteiger partial charge in [0.1, 0.15) is 9.84 Å². The average molecular weight is 301 g/mol. The van der Waals surface area contributed by atoms with Gasteiger partial charge in [0.25, 0.3) is 0 Å². The standard InChI is InChI=1S/C9H19NO6S2/c1-8(9(11)12)4-3-5-10-18(15,16)7-6-17(2,13)14/h8,10H,3-7H2,1-2H3,(H,11,12). The number of hydrogen-bond acceptors (Lipinski definition) is 5. The lowest BCUT2D eigenvalue weighted by Crippen LogP contribution is -2.30. The van der Waals surface area contributed by atoms with Gasteiger partial charge in [0.05, 0.1) is 17.4 Å². The Morgan fingerprint density at radius 3 is 2.22 bits per heavy atom. The van der Waals surface area contributed by atoms with Crippen LogP contribution in [0.1, 0.15) is 19.8 Å². The molecule has 0 rings (SSSR count). The molecule has 108 valence electrons. The SMILES string of the molecule is CC(CCCNS(=O)(=O)CCS(C)(=O)=O)C(=O)O. The molecule has 7 nitrogen and oxygen atoms in total. The third-order valence-electron chi connectivity index (χ3n) is 2.28. The van der Waals surface area contributed by atoms with E-state index in [0.717, 1.165) is 6.26 Å². The summed E-state index contributed by atoms with van der Waals surface area (Å²) in [6, 6.07) is 0. The van der Waals surface area contributed by atoms with Crippen molar-refractivity contribution in [1.82, 2.24) is 4.72 Å². The Kier molecular flexibility index (Phi) is 6.79. The molecule has 0 aromatic carbocycles. The van der Waals surface area contributed by atoms with Crippen molar-refractivity contribution < 1.29 is 26.7 Å². The zero-order valence-electron chi connectivity index (χ0n) is 10.4. The van der Waals surface area contributed by atoms with Gasteiger partial charge in [-0.25, -0.2) is 21.6 Å². The van der Waals surface area contributed by atoms with Crippen LogP contribution in [0, 0.1) is 5.92 Å². The van der Waals surface area contributed by atoms with E-state index in [1.165, 1.54) is 0 Å². The minimum absolute atomic E-state index is 0.115. The predicted octanol–water partition coefficient (Wildman–Crippen LogP) is -0.549. The van der Waals surface area contributed by atoms with Gasteiger partial charge in [-0.1, -0.05) is 6.92 Å². The number of carboxylic acid groups (broad SMARTS) is 1. The number of sulfonamides is 1. The molecule has 9 heteroatoms. The molecule has 0 aliphatic heterocycles. The Bertz CT molecular complexity index is 467. The number of sulfone groups is 1. The fraction of sp³-hybridized carbons (Fsp3) is 0.889. The van der Waals surface area contributed by atoms with Gasteiger partial charge < -0.3 is 5.11 Å². The lowest BCUT2D eigenvalue weighted by Gasteiger charge is -2.07. The predicted molar refractivity (Wildman–Crippen MR) is 67.5 cm³/mol. The lowest BCUT2D eigenvalue weighted by molar-refractivity contribution is -0.141. The summed E-state index contributed by atoms with van der Waals surface area (Å²) in [5.41, 5.74) is 0. The van der Waals surface area contributed by atoms with E-state index in [4.69, 9.17) is 5.11 Å². The Morgan fingerprint density at radius 2 is 1.78 bits per heavy atom. The van der Waals surface area contributed by atoms with Crippen molar-refractivity contribution in [3.63, 3.8) is 0 Å². The van der Waals surface area contributed by atoms with Gasteiger partial charge in [-0.05, 0) is 12.8 Å². The summed E-state index contributed by atoms with van der Waals surface area (Å²) in [4.78, 5) is 10.5. The normalized spacial score (nSPS) is 14.3. The van der Waals surface area contributed by atoms with E-state index in [0.29, 0.717) is 12.8 Å². The van der Waals surface area contributed by atoms with Crippen LogP contribution < -0.4 is 4.72 Å². The monoisotopic (exact) mass is 301 g/mol. The third-order valence-corrected chi connectivity index (χ3v) is 4.87. The Balaban J connectivity index is 3.95. The Hall–Kier alpha value is -0.670. The first-order valence-corrected chi connectivity index (χ1v) is 9.12. The molecule has 0 aliphatic rings. The molecule has 0 aromatic rings. The van der Waals surface area contributed by atoms with Crippen molar-refractivity contribution in [3.8, 4) is 0 Å². The average Bonchev–Trinajstić information content (AvgIpc) is 2.20. The quantitative estimate of drug-likeness (QED) is 0.552. The van der Waals surface area contributed by atoms with Crippen LogP contribution in [0.15, 0.2) is 0 Å². The molecule has 0 fully saturated rings. The molecule has 0 saturated carbocycles. The maximum Gasteiger partial charge on any atom is 0.306 e. The van der Waals surface area contributed by atoms with Crippen molar-refractivity contribution in [2.45, 2.75) is 19.8 Å². The Morgan fingerprint density at radius 1 is 1.22 bits per heavy atom. The molecular formula is C9H19NO6S2. The first-order valence-electron chi connectivity index (χ1n) is 5.41. The minimum Gasteiger partial charge on any atom is -0.481 e. The first-order chi connectivity index (χ1) is 8.03. The first kappa shape index (κ1) is 17.3. The lowest BCUT2D eigenvalue weighted by atomic mass is 10.1. The highest BCUT2D eigenvalue weighted by atomic mass is 32.2. The van der Waals surface area contributed by atoms with Crippen LogP contribution in [0.2, 0.25) is 0 Å². The molecule has 0 amide bonds. The summed E-state index contributed by atoms with van der Waals surface area (Å²) in [5, 5.41) is 8.61. The fourth-order valence-corrected chi connectivity index (χ4v) is 3.78. The van der Waals surface area contributed by atoms with Gasteiger partial charge in [0.2, 0.25) is 10.0 Å². The van der Waals surface area contributed by atoms with Crippen molar-refractivity contribution in [2.75, 3.05) is 24.3 Å². The molecule has 0 radical (unpaired) electrons. The summed E-state index contributed by atoms with van der Waals surface area (Å²) < 4.78 is 46.6. The van der Waals surface area contributed by atoms with Crippen LogP contribution in [-0.2, 0) is 24.7 Å². The zero-order valence-corrected chi connectivity index (χ0v) is 12.1. The number of carbonyl (C=O) groups is 1. The van der Waals surface area contributed by atoms with E-state index in [1.807, 2.05) is 0 Å². The van der Waals surface area contributed by atoms with Gasteiger partial charge in [0, 0.05) is 12.8 Å². The summed E-state index contributed by atoms with van der Waals surface area (Å²) in [7, 11) is -6.92. The highest BCUT2D eigenvalue weighted by Gasteiger charge is 2.15. The Labute approximate surface area is 108 Å². The van der Waals surface area contributed by atoms with Crippen LogP contribution in [0.25, 0.3) is 0 Å². The van der Waals surface area contributed by atoms with Crippen molar-refractivity contribution in [3.05, 3.63) is 0 Å². The maximum atomic E-state index is 11.4. The number of rotatable bonds is 9. The molecule has 0 heterocycles. The van der Waals surface area contributed by atoms with Crippen LogP contribution in [0.4, 0.5) is 0 Å². The van der Waals surface area contributed by atoms with Gasteiger partial charge in [0.15, 0.2) is 0 Å². The third kappa shape index (κ3) is 9.37. The summed E-state index contributed by atoms with van der Waals surface area (Å²) in [6.07, 6.45) is 1.73. The van der Waals surface area contributed by atoms with Gasteiger partial charge in [-0.15, -0.1) is 0 Å². The van der Waals surface area contributed by atoms with Crippen LogP contribution in [-0.4, -0.2) is 52.2 Å². The molecular weight excluding hydrogens is 282 g/mol. The van der Waals surface area contributed by atoms with Gasteiger partial charge >= 0.3 is 5.97 Å². The van der Waals surface area contributed by atoms with E-state index in [-0.39, 0.29) is 6.54 Å². The molecule has 0 aliphatic carbocycles. The fourth-order valence-electron chi connectivity index (χ4n) is 1.09. The summed E-state index contributed by atoms with van der Waals surface area (Å²) in [5.74, 6) is -2.34. The maximum absolute atomic E-state index is 11.4. The molecule has 0 aromatic heterocycles. The largest absolute Gasteiger partial charge is 0.481 e. The smallest absolute Gasteiger partial charge is 0.306 e. The van der Waals surface area contributed by atoms with Crippen molar-refractivity contribution >= 4 is 25.8 Å². The van der Waals surface area contributed by atoms with Gasteiger partial charge in [-0.2, -0.15) is 0 Å². The molecule has 1 unspecified atom stereocenters. The topological polar surface area (TPSA) is 118 Å². The second-order valence-electron chi connectivity index (χ2n) is 4.22. The minimum atomic E-state index is -3.61. The molecule has 1 atom stereocenters. The number of nitrogens with one attached hydrogen (secondary N) is 1.